The minimum absolute atomic E-state index is 0.234. The highest BCUT2D eigenvalue weighted by molar-refractivity contribution is 7.80. The van der Waals surface area contributed by atoms with Crippen molar-refractivity contribution in [1.29, 1.82) is 0 Å². The van der Waals surface area contributed by atoms with Crippen molar-refractivity contribution < 1.29 is 4.74 Å². The van der Waals surface area contributed by atoms with Crippen molar-refractivity contribution in [3.05, 3.63) is 12.2 Å². The Bertz CT molecular complexity index is 318. The molecule has 0 aromatic carbocycles. The maximum atomic E-state index is 5.39. The van der Waals surface area contributed by atoms with E-state index in [0.29, 0.717) is 12.4 Å². The Labute approximate surface area is 80.9 Å². The lowest BCUT2D eigenvalue weighted by Crippen LogP contribution is -2.14. The van der Waals surface area contributed by atoms with Crippen LogP contribution in [0.4, 0.5) is 0 Å². The summed E-state index contributed by atoms with van der Waals surface area (Å²) in [5.41, 5.74) is 5.39. The van der Waals surface area contributed by atoms with Crippen LogP contribution in [0, 0.1) is 0 Å². The lowest BCUT2D eigenvalue weighted by molar-refractivity contribution is 0.184. The first-order valence-electron chi connectivity index (χ1n) is 4.06. The van der Waals surface area contributed by atoms with Crippen LogP contribution in [0.15, 0.2) is 6.33 Å². The van der Waals surface area contributed by atoms with Crippen LogP contribution in [0.3, 0.4) is 0 Å². The van der Waals surface area contributed by atoms with Crippen LogP contribution in [-0.2, 0) is 4.74 Å². The molecule has 1 aromatic heterocycles. The zero-order valence-corrected chi connectivity index (χ0v) is 7.83. The summed E-state index contributed by atoms with van der Waals surface area (Å²) in [6, 6.07) is 0.288. The summed E-state index contributed by atoms with van der Waals surface area (Å²) in [6.45, 7) is 1.48. The van der Waals surface area contributed by atoms with Crippen molar-refractivity contribution >= 4 is 17.2 Å². The van der Waals surface area contributed by atoms with E-state index in [4.69, 9.17) is 22.7 Å². The largest absolute Gasteiger partial charge is 0.387 e. The SMILES string of the molecule is NC(=S)c1ncn(C2CCOC2)n1. The molecule has 1 aliphatic heterocycles. The van der Waals surface area contributed by atoms with E-state index in [9.17, 15) is 0 Å². The molecule has 2 heterocycles. The van der Waals surface area contributed by atoms with E-state index < -0.39 is 0 Å². The number of rotatable bonds is 2. The number of nitrogens with zero attached hydrogens (tertiary/aromatic N) is 3. The van der Waals surface area contributed by atoms with Gasteiger partial charge in [-0.3, -0.25) is 0 Å². The molecule has 0 amide bonds. The topological polar surface area (TPSA) is 66.0 Å². The van der Waals surface area contributed by atoms with Crippen molar-refractivity contribution in [2.75, 3.05) is 13.2 Å². The van der Waals surface area contributed by atoms with Crippen molar-refractivity contribution in [3.8, 4) is 0 Å². The second-order valence-electron chi connectivity index (χ2n) is 2.93. The van der Waals surface area contributed by atoms with Crippen LogP contribution in [0.25, 0.3) is 0 Å². The normalized spacial score (nSPS) is 22.0. The summed E-state index contributed by atoms with van der Waals surface area (Å²) in [4.78, 5) is 4.22. The molecule has 2 N–H and O–H groups in total. The molecule has 1 aromatic rings. The summed E-state index contributed by atoms with van der Waals surface area (Å²) < 4.78 is 6.99. The van der Waals surface area contributed by atoms with E-state index in [1.54, 1.807) is 11.0 Å². The van der Waals surface area contributed by atoms with Crippen molar-refractivity contribution in [3.63, 3.8) is 0 Å². The van der Waals surface area contributed by atoms with Gasteiger partial charge in [-0.05, 0) is 6.42 Å². The molecule has 1 atom stereocenters. The van der Waals surface area contributed by atoms with Gasteiger partial charge in [0.25, 0.3) is 0 Å². The molecule has 70 valence electrons. The van der Waals surface area contributed by atoms with Gasteiger partial charge in [0, 0.05) is 6.61 Å². The third kappa shape index (κ3) is 1.68. The van der Waals surface area contributed by atoms with Crippen molar-refractivity contribution in [1.82, 2.24) is 14.8 Å². The Morgan fingerprint density at radius 3 is 3.15 bits per heavy atom. The van der Waals surface area contributed by atoms with Gasteiger partial charge >= 0.3 is 0 Å². The Morgan fingerprint density at radius 1 is 1.77 bits per heavy atom. The van der Waals surface area contributed by atoms with Crippen LogP contribution < -0.4 is 5.73 Å². The molecule has 13 heavy (non-hydrogen) atoms. The molecule has 0 radical (unpaired) electrons. The molecule has 5 nitrogen and oxygen atoms in total. The zero-order valence-electron chi connectivity index (χ0n) is 7.01. The summed E-state index contributed by atoms with van der Waals surface area (Å²) >= 11 is 4.76. The first-order chi connectivity index (χ1) is 6.27. The van der Waals surface area contributed by atoms with E-state index in [1.807, 2.05) is 0 Å². The average molecular weight is 198 g/mol. The molecule has 6 heteroatoms. The highest BCUT2D eigenvalue weighted by atomic mass is 32.1. The predicted octanol–water partition coefficient (Wildman–Crippen LogP) is -0.126. The number of hydrogen-bond acceptors (Lipinski definition) is 4. The summed E-state index contributed by atoms with van der Waals surface area (Å²) in [7, 11) is 0. The zero-order chi connectivity index (χ0) is 9.26. The van der Waals surface area contributed by atoms with Gasteiger partial charge in [-0.1, -0.05) is 12.2 Å². The smallest absolute Gasteiger partial charge is 0.208 e. The van der Waals surface area contributed by atoms with Crippen LogP contribution in [0.1, 0.15) is 18.3 Å². The van der Waals surface area contributed by atoms with E-state index in [2.05, 4.69) is 10.1 Å². The Balaban J connectivity index is 2.16. The average Bonchev–Trinajstić information content (AvgIpc) is 2.75. The van der Waals surface area contributed by atoms with Crippen molar-refractivity contribution in [2.45, 2.75) is 12.5 Å². The van der Waals surface area contributed by atoms with Crippen LogP contribution >= 0.6 is 12.2 Å². The number of aromatic nitrogens is 3. The Hall–Kier alpha value is -1.01. The van der Waals surface area contributed by atoms with Crippen LogP contribution in [-0.4, -0.2) is 33.0 Å². The second kappa shape index (κ2) is 3.39. The minimum atomic E-state index is 0.234. The number of ether oxygens (including phenoxy) is 1. The Kier molecular flexibility index (Phi) is 2.24. The molecular weight excluding hydrogens is 188 g/mol. The number of hydrogen-bond donors (Lipinski definition) is 1. The van der Waals surface area contributed by atoms with Crippen molar-refractivity contribution in [2.24, 2.45) is 5.73 Å². The molecule has 0 aliphatic carbocycles. The third-order valence-electron chi connectivity index (χ3n) is 2.01. The first-order valence-corrected chi connectivity index (χ1v) is 4.47. The summed E-state index contributed by atoms with van der Waals surface area (Å²) in [6.07, 6.45) is 2.62. The Morgan fingerprint density at radius 2 is 2.62 bits per heavy atom. The van der Waals surface area contributed by atoms with E-state index in [1.165, 1.54) is 0 Å². The molecule has 0 bridgehead atoms. The van der Waals surface area contributed by atoms with Gasteiger partial charge in [-0.2, -0.15) is 0 Å². The summed E-state index contributed by atoms with van der Waals surface area (Å²) in [5.74, 6) is 0.432. The molecule has 0 saturated carbocycles. The van der Waals surface area contributed by atoms with Gasteiger partial charge in [0.15, 0.2) is 0 Å². The van der Waals surface area contributed by atoms with E-state index in [0.717, 1.165) is 13.0 Å². The number of thiocarbonyl (C=S) groups is 1. The fourth-order valence-corrected chi connectivity index (χ4v) is 1.39. The van der Waals surface area contributed by atoms with Gasteiger partial charge in [0.1, 0.15) is 11.3 Å². The molecule has 2 rings (SSSR count). The molecule has 0 spiro atoms. The predicted molar refractivity (Wildman–Crippen MR) is 50.4 cm³/mol. The number of nitrogens with two attached hydrogens (primary N) is 1. The van der Waals surface area contributed by atoms with E-state index in [-0.39, 0.29) is 11.0 Å². The molecule has 1 aliphatic rings. The van der Waals surface area contributed by atoms with Crippen LogP contribution in [0.5, 0.6) is 0 Å². The third-order valence-corrected chi connectivity index (χ3v) is 2.19. The van der Waals surface area contributed by atoms with Gasteiger partial charge in [0.2, 0.25) is 5.82 Å². The molecule has 1 unspecified atom stereocenters. The first kappa shape index (κ1) is 8.58. The fourth-order valence-electron chi connectivity index (χ4n) is 1.29. The molecular formula is C7H10N4OS. The maximum Gasteiger partial charge on any atom is 0.208 e. The molecule has 1 fully saturated rings. The highest BCUT2D eigenvalue weighted by Crippen LogP contribution is 2.16. The minimum Gasteiger partial charge on any atom is -0.387 e. The lowest BCUT2D eigenvalue weighted by atomic mass is 10.3. The second-order valence-corrected chi connectivity index (χ2v) is 3.37. The monoisotopic (exact) mass is 198 g/mol. The quantitative estimate of drug-likeness (QED) is 0.671. The van der Waals surface area contributed by atoms with Crippen LogP contribution in [0.2, 0.25) is 0 Å². The maximum absolute atomic E-state index is 5.39. The van der Waals surface area contributed by atoms with Gasteiger partial charge in [0.05, 0.1) is 12.6 Å². The van der Waals surface area contributed by atoms with Gasteiger partial charge < -0.3 is 10.5 Å². The van der Waals surface area contributed by atoms with Gasteiger partial charge in [-0.15, -0.1) is 5.10 Å². The van der Waals surface area contributed by atoms with E-state index >= 15 is 0 Å². The van der Waals surface area contributed by atoms with Gasteiger partial charge in [-0.25, -0.2) is 9.67 Å². The lowest BCUT2D eigenvalue weighted by Gasteiger charge is -2.05. The summed E-state index contributed by atoms with van der Waals surface area (Å²) in [5, 5.41) is 4.15. The molecule has 1 saturated heterocycles. The highest BCUT2D eigenvalue weighted by Gasteiger charge is 2.19. The fraction of sp³-hybridized carbons (Fsp3) is 0.571. The standard InChI is InChI=1S/C7H10N4OS/c8-6(13)7-9-4-11(10-7)5-1-2-12-3-5/h4-5H,1-3H2,(H2,8,13).